The number of unbranched alkanes of at least 4 members (excludes halogenated alkanes) is 1. The second-order valence-corrected chi connectivity index (χ2v) is 6.00. The SMILES string of the molecule is CCCCC(CC)COP(=O)(O)OC(Cl)CC. The van der Waals surface area contributed by atoms with Gasteiger partial charge in [-0.1, -0.05) is 51.6 Å². The van der Waals surface area contributed by atoms with Gasteiger partial charge in [0.15, 0.2) is 0 Å². The van der Waals surface area contributed by atoms with Crippen LogP contribution in [0.15, 0.2) is 0 Å². The summed E-state index contributed by atoms with van der Waals surface area (Å²) in [6.07, 6.45) is 4.61. The van der Waals surface area contributed by atoms with Crippen LogP contribution >= 0.6 is 19.4 Å². The number of alkyl halides is 1. The van der Waals surface area contributed by atoms with Crippen molar-refractivity contribution in [3.8, 4) is 0 Å². The molecule has 3 atom stereocenters. The molecule has 17 heavy (non-hydrogen) atoms. The lowest BCUT2D eigenvalue weighted by atomic mass is 10.0. The molecule has 0 amide bonds. The first-order valence-electron chi connectivity index (χ1n) is 6.24. The fraction of sp³-hybridized carbons (Fsp3) is 1.00. The van der Waals surface area contributed by atoms with Crippen LogP contribution in [0.4, 0.5) is 0 Å². The van der Waals surface area contributed by atoms with E-state index in [-0.39, 0.29) is 6.61 Å². The zero-order chi connectivity index (χ0) is 13.3. The predicted octanol–water partition coefficient (Wildman–Crippen LogP) is 4.31. The average Bonchev–Trinajstić information content (AvgIpc) is 2.28. The van der Waals surface area contributed by atoms with Crippen molar-refractivity contribution in [1.82, 2.24) is 0 Å². The molecule has 1 N–H and O–H groups in total. The minimum absolute atomic E-state index is 0.248. The molecule has 0 rings (SSSR count). The molecule has 0 aliphatic heterocycles. The molecule has 0 saturated carbocycles. The molecule has 0 saturated heterocycles. The largest absolute Gasteiger partial charge is 0.473 e. The molecular formula is C11H24ClO4P. The van der Waals surface area contributed by atoms with Gasteiger partial charge in [0.25, 0.3) is 0 Å². The van der Waals surface area contributed by atoms with E-state index in [9.17, 15) is 9.46 Å². The number of hydrogen-bond donors (Lipinski definition) is 1. The normalized spacial score (nSPS) is 18.6. The highest BCUT2D eigenvalue weighted by Gasteiger charge is 2.25. The molecule has 0 aromatic heterocycles. The van der Waals surface area contributed by atoms with Crippen LogP contribution in [0.1, 0.15) is 52.9 Å². The average molecular weight is 287 g/mol. The molecule has 4 nitrogen and oxygen atoms in total. The van der Waals surface area contributed by atoms with Crippen molar-refractivity contribution in [1.29, 1.82) is 0 Å². The molecule has 0 fully saturated rings. The molecule has 0 aromatic carbocycles. The Balaban J connectivity index is 4.00. The van der Waals surface area contributed by atoms with Gasteiger partial charge >= 0.3 is 7.82 Å². The highest BCUT2D eigenvalue weighted by molar-refractivity contribution is 7.47. The van der Waals surface area contributed by atoms with Gasteiger partial charge in [-0.25, -0.2) is 4.57 Å². The van der Waals surface area contributed by atoms with Gasteiger partial charge < -0.3 is 4.89 Å². The maximum absolute atomic E-state index is 11.5. The molecule has 0 bridgehead atoms. The van der Waals surface area contributed by atoms with Gasteiger partial charge in [-0.3, -0.25) is 9.05 Å². The summed E-state index contributed by atoms with van der Waals surface area (Å²) < 4.78 is 21.2. The minimum Gasteiger partial charge on any atom is -0.302 e. The van der Waals surface area contributed by atoms with Crippen LogP contribution in [-0.2, 0) is 13.6 Å². The smallest absolute Gasteiger partial charge is 0.302 e. The van der Waals surface area contributed by atoms with Gasteiger partial charge in [-0.05, 0) is 18.8 Å². The molecule has 0 heterocycles. The summed E-state index contributed by atoms with van der Waals surface area (Å²) in [7, 11) is -4.00. The molecule has 3 unspecified atom stereocenters. The fourth-order valence-corrected chi connectivity index (χ4v) is 2.55. The van der Waals surface area contributed by atoms with Crippen LogP contribution in [0, 0.1) is 5.92 Å². The third-order valence-electron chi connectivity index (χ3n) is 2.59. The van der Waals surface area contributed by atoms with E-state index in [0.717, 1.165) is 25.7 Å². The topological polar surface area (TPSA) is 55.8 Å². The number of phosphoric acid groups is 1. The first kappa shape index (κ1) is 17.4. The van der Waals surface area contributed by atoms with E-state index in [4.69, 9.17) is 20.6 Å². The summed E-state index contributed by atoms with van der Waals surface area (Å²) in [5.74, 6) is 0.300. The van der Waals surface area contributed by atoms with E-state index in [1.54, 1.807) is 6.92 Å². The van der Waals surface area contributed by atoms with Gasteiger partial charge in [-0.2, -0.15) is 0 Å². The second-order valence-electron chi connectivity index (χ2n) is 4.10. The molecular weight excluding hydrogens is 263 g/mol. The molecule has 0 aliphatic rings. The summed E-state index contributed by atoms with van der Waals surface area (Å²) >= 11 is 5.65. The Morgan fingerprint density at radius 3 is 2.41 bits per heavy atom. The Bertz CT molecular complexity index is 238. The number of phosphoric ester groups is 1. The number of halogens is 1. The molecule has 6 heteroatoms. The highest BCUT2D eigenvalue weighted by Crippen LogP contribution is 2.46. The number of rotatable bonds is 10. The minimum atomic E-state index is -4.00. The van der Waals surface area contributed by atoms with Crippen LogP contribution in [0.3, 0.4) is 0 Å². The second kappa shape index (κ2) is 9.35. The van der Waals surface area contributed by atoms with Crippen molar-refractivity contribution in [2.45, 2.75) is 58.4 Å². The summed E-state index contributed by atoms with van der Waals surface area (Å²) in [6.45, 7) is 6.18. The van der Waals surface area contributed by atoms with Crippen LogP contribution < -0.4 is 0 Å². The lowest BCUT2D eigenvalue weighted by Crippen LogP contribution is -2.10. The van der Waals surface area contributed by atoms with Gasteiger partial charge in [0.2, 0.25) is 0 Å². The molecule has 104 valence electrons. The van der Waals surface area contributed by atoms with Crippen molar-refractivity contribution >= 4 is 19.4 Å². The van der Waals surface area contributed by atoms with Crippen LogP contribution in [0.25, 0.3) is 0 Å². The lowest BCUT2D eigenvalue weighted by molar-refractivity contribution is 0.116. The third-order valence-corrected chi connectivity index (χ3v) is 4.10. The summed E-state index contributed by atoms with van der Waals surface area (Å²) in [5.41, 5.74) is -0.776. The van der Waals surface area contributed by atoms with E-state index in [1.165, 1.54) is 0 Å². The van der Waals surface area contributed by atoms with E-state index >= 15 is 0 Å². The Labute approximate surface area is 109 Å². The molecule has 0 aromatic rings. The van der Waals surface area contributed by atoms with Crippen LogP contribution in [0.2, 0.25) is 0 Å². The monoisotopic (exact) mass is 286 g/mol. The van der Waals surface area contributed by atoms with Crippen LogP contribution in [0.5, 0.6) is 0 Å². The van der Waals surface area contributed by atoms with Gasteiger partial charge in [0.05, 0.1) is 6.61 Å². The lowest BCUT2D eigenvalue weighted by Gasteiger charge is -2.18. The summed E-state index contributed by atoms with van der Waals surface area (Å²) in [6, 6.07) is 0. The zero-order valence-corrected chi connectivity index (χ0v) is 12.5. The van der Waals surface area contributed by atoms with E-state index in [2.05, 4.69) is 6.92 Å². The van der Waals surface area contributed by atoms with Gasteiger partial charge in [0.1, 0.15) is 5.56 Å². The molecule has 0 aliphatic carbocycles. The third kappa shape index (κ3) is 9.04. The van der Waals surface area contributed by atoms with Crippen molar-refractivity contribution < 1.29 is 18.5 Å². The quantitative estimate of drug-likeness (QED) is 0.480. The molecule has 0 spiro atoms. The first-order chi connectivity index (χ1) is 7.95. The Morgan fingerprint density at radius 1 is 1.29 bits per heavy atom. The summed E-state index contributed by atoms with van der Waals surface area (Å²) in [4.78, 5) is 9.41. The van der Waals surface area contributed by atoms with Crippen molar-refractivity contribution in [3.05, 3.63) is 0 Å². The maximum Gasteiger partial charge on any atom is 0.473 e. The standard InChI is InChI=1S/C11H24ClO4P/c1-4-7-8-10(5-2)9-15-17(13,14)16-11(12)6-3/h10-11H,4-9H2,1-3H3,(H,13,14). The Morgan fingerprint density at radius 2 is 1.94 bits per heavy atom. The van der Waals surface area contributed by atoms with Gasteiger partial charge in [0, 0.05) is 0 Å². The molecule has 0 radical (unpaired) electrons. The van der Waals surface area contributed by atoms with Gasteiger partial charge in [-0.15, -0.1) is 0 Å². The predicted molar refractivity (Wildman–Crippen MR) is 70.1 cm³/mol. The van der Waals surface area contributed by atoms with E-state index in [1.807, 2.05) is 6.92 Å². The first-order valence-corrected chi connectivity index (χ1v) is 8.18. The maximum atomic E-state index is 11.5. The Kier molecular flexibility index (Phi) is 9.57. The van der Waals surface area contributed by atoms with Crippen LogP contribution in [-0.4, -0.2) is 17.1 Å². The van der Waals surface area contributed by atoms with E-state index in [0.29, 0.717) is 12.3 Å². The summed E-state index contributed by atoms with van der Waals surface area (Å²) in [5, 5.41) is 0. The van der Waals surface area contributed by atoms with Crippen molar-refractivity contribution in [2.24, 2.45) is 5.92 Å². The van der Waals surface area contributed by atoms with E-state index < -0.39 is 13.4 Å². The van der Waals surface area contributed by atoms with Crippen molar-refractivity contribution in [3.63, 3.8) is 0 Å². The Hall–Kier alpha value is 0.400. The fourth-order valence-electron chi connectivity index (χ4n) is 1.35. The highest BCUT2D eigenvalue weighted by atomic mass is 35.5. The zero-order valence-electron chi connectivity index (χ0n) is 10.9. The van der Waals surface area contributed by atoms with Crippen molar-refractivity contribution in [2.75, 3.05) is 6.61 Å². The number of hydrogen-bond acceptors (Lipinski definition) is 3.